The lowest BCUT2D eigenvalue weighted by molar-refractivity contribution is 1.28. The Hall–Kier alpha value is -5.96. The molecule has 0 aliphatic rings. The summed E-state index contributed by atoms with van der Waals surface area (Å²) in [4.78, 5) is 2.35. The van der Waals surface area contributed by atoms with Crippen molar-refractivity contribution in [3.8, 4) is 33.4 Å². The fraction of sp³-hybridized carbons (Fsp3) is 0. The van der Waals surface area contributed by atoms with E-state index in [1.54, 1.807) is 0 Å². The quantitative estimate of drug-likeness (QED) is 0.177. The molecule has 0 atom stereocenters. The zero-order chi connectivity index (χ0) is 31.9. The lowest BCUT2D eigenvalue weighted by atomic mass is 9.96. The Morgan fingerprint density at radius 1 is 0.333 bits per heavy atom. The van der Waals surface area contributed by atoms with Crippen LogP contribution in [0.5, 0.6) is 0 Å². The molecule has 0 saturated carbocycles. The molecular formula is C46H31NS. The van der Waals surface area contributed by atoms with Crippen molar-refractivity contribution < 1.29 is 0 Å². The summed E-state index contributed by atoms with van der Waals surface area (Å²) in [5.74, 6) is 0. The van der Waals surface area contributed by atoms with Crippen molar-refractivity contribution in [2.75, 3.05) is 4.90 Å². The lowest BCUT2D eigenvalue weighted by Crippen LogP contribution is -2.09. The molecule has 0 unspecified atom stereocenters. The Bertz CT molecular complexity index is 2430. The van der Waals surface area contributed by atoms with Crippen LogP contribution < -0.4 is 4.90 Å². The summed E-state index contributed by atoms with van der Waals surface area (Å²) < 4.78 is 2.68. The first kappa shape index (κ1) is 28.3. The summed E-state index contributed by atoms with van der Waals surface area (Å²) in [5.41, 5.74) is 10.7. The van der Waals surface area contributed by atoms with E-state index in [-0.39, 0.29) is 0 Å². The third kappa shape index (κ3) is 5.04. The average molecular weight is 630 g/mol. The van der Waals surface area contributed by atoms with Crippen LogP contribution in [0.2, 0.25) is 0 Å². The molecule has 0 spiro atoms. The highest BCUT2D eigenvalue weighted by atomic mass is 32.1. The van der Waals surface area contributed by atoms with Crippen LogP contribution in [0.15, 0.2) is 188 Å². The molecule has 0 amide bonds. The van der Waals surface area contributed by atoms with Crippen LogP contribution in [0.1, 0.15) is 0 Å². The van der Waals surface area contributed by atoms with Gasteiger partial charge in [0.2, 0.25) is 0 Å². The van der Waals surface area contributed by atoms with Crippen LogP contribution in [-0.4, -0.2) is 0 Å². The summed E-state index contributed by atoms with van der Waals surface area (Å²) in [7, 11) is 0. The van der Waals surface area contributed by atoms with E-state index in [2.05, 4.69) is 193 Å². The Morgan fingerprint density at radius 2 is 0.833 bits per heavy atom. The number of thiophene rings is 1. The number of rotatable bonds is 6. The molecular weight excluding hydrogens is 599 g/mol. The maximum Gasteiger partial charge on any atom is 0.0462 e. The minimum Gasteiger partial charge on any atom is -0.311 e. The van der Waals surface area contributed by atoms with Crippen molar-refractivity contribution in [2.24, 2.45) is 0 Å². The Morgan fingerprint density at radius 3 is 1.42 bits per heavy atom. The second kappa shape index (κ2) is 12.0. The number of anilines is 3. The second-order valence-electron chi connectivity index (χ2n) is 12.2. The van der Waals surface area contributed by atoms with E-state index >= 15 is 0 Å². The largest absolute Gasteiger partial charge is 0.311 e. The topological polar surface area (TPSA) is 3.24 Å². The molecule has 1 nitrogen and oxygen atoms in total. The summed E-state index contributed by atoms with van der Waals surface area (Å²) in [6.07, 6.45) is 0. The van der Waals surface area contributed by atoms with Crippen LogP contribution in [0.3, 0.4) is 0 Å². The zero-order valence-corrected chi connectivity index (χ0v) is 27.1. The van der Waals surface area contributed by atoms with Gasteiger partial charge in [-0.15, -0.1) is 11.3 Å². The Balaban J connectivity index is 1.14. The maximum atomic E-state index is 2.35. The van der Waals surface area contributed by atoms with E-state index < -0.39 is 0 Å². The molecule has 9 rings (SSSR count). The average Bonchev–Trinajstić information content (AvgIpc) is 3.55. The molecule has 1 aromatic heterocycles. The molecule has 0 aliphatic heterocycles. The third-order valence-electron chi connectivity index (χ3n) is 9.29. The van der Waals surface area contributed by atoms with Crippen molar-refractivity contribution in [3.05, 3.63) is 188 Å². The van der Waals surface area contributed by atoms with Crippen molar-refractivity contribution in [1.29, 1.82) is 0 Å². The smallest absolute Gasteiger partial charge is 0.0462 e. The van der Waals surface area contributed by atoms with Crippen molar-refractivity contribution in [3.63, 3.8) is 0 Å². The summed E-state index contributed by atoms with van der Waals surface area (Å²) in [5, 5.41) is 5.26. The summed E-state index contributed by atoms with van der Waals surface area (Å²) in [6.45, 7) is 0. The van der Waals surface area contributed by atoms with E-state index in [4.69, 9.17) is 0 Å². The van der Waals surface area contributed by atoms with Crippen LogP contribution >= 0.6 is 11.3 Å². The van der Waals surface area contributed by atoms with Gasteiger partial charge in [-0.2, -0.15) is 0 Å². The van der Waals surface area contributed by atoms with Crippen LogP contribution in [0.25, 0.3) is 64.3 Å². The van der Waals surface area contributed by atoms with Crippen molar-refractivity contribution in [1.82, 2.24) is 0 Å². The number of hydrogen-bond acceptors (Lipinski definition) is 2. The highest BCUT2D eigenvalue weighted by Gasteiger charge is 2.16. The fourth-order valence-corrected chi connectivity index (χ4v) is 8.17. The van der Waals surface area contributed by atoms with E-state index in [9.17, 15) is 0 Å². The van der Waals surface area contributed by atoms with Gasteiger partial charge in [0.25, 0.3) is 0 Å². The van der Waals surface area contributed by atoms with Gasteiger partial charge < -0.3 is 4.90 Å². The molecule has 0 fully saturated rings. The normalized spacial score (nSPS) is 11.3. The highest BCUT2D eigenvalue weighted by molar-refractivity contribution is 7.26. The molecule has 9 aromatic rings. The van der Waals surface area contributed by atoms with Gasteiger partial charge in [0.1, 0.15) is 0 Å². The van der Waals surface area contributed by atoms with Crippen LogP contribution in [-0.2, 0) is 0 Å². The molecule has 226 valence electrons. The number of fused-ring (bicyclic) bond motifs is 5. The summed E-state index contributed by atoms with van der Waals surface area (Å²) >= 11 is 1.89. The first-order chi connectivity index (χ1) is 23.8. The monoisotopic (exact) mass is 629 g/mol. The minimum absolute atomic E-state index is 1.12. The lowest BCUT2D eigenvalue weighted by Gasteiger charge is -2.26. The van der Waals surface area contributed by atoms with Gasteiger partial charge in [0.15, 0.2) is 0 Å². The maximum absolute atomic E-state index is 2.35. The zero-order valence-electron chi connectivity index (χ0n) is 26.3. The molecule has 1 heterocycles. The van der Waals surface area contributed by atoms with E-state index in [1.807, 2.05) is 11.3 Å². The number of hydrogen-bond donors (Lipinski definition) is 0. The first-order valence-corrected chi connectivity index (χ1v) is 17.2. The molecule has 8 aromatic carbocycles. The van der Waals surface area contributed by atoms with E-state index in [0.29, 0.717) is 0 Å². The van der Waals surface area contributed by atoms with Gasteiger partial charge in [0, 0.05) is 42.6 Å². The van der Waals surface area contributed by atoms with Gasteiger partial charge in [0.05, 0.1) is 0 Å². The van der Waals surface area contributed by atoms with Crippen LogP contribution in [0, 0.1) is 0 Å². The SMILES string of the molecule is c1ccc(-c2ccc(N(c3ccc(-c4ccccc4)cc3)c3ccc(-c4cccc5ccc6c7ccccc7sc6c45)cc3)cc2)cc1. The second-order valence-corrected chi connectivity index (χ2v) is 13.2. The first-order valence-electron chi connectivity index (χ1n) is 16.3. The molecule has 0 N–H and O–H groups in total. The van der Waals surface area contributed by atoms with Gasteiger partial charge in [-0.05, 0) is 81.2 Å². The predicted molar refractivity (Wildman–Crippen MR) is 208 cm³/mol. The Kier molecular flexibility index (Phi) is 7.07. The number of benzene rings is 8. The molecule has 0 saturated heterocycles. The minimum atomic E-state index is 1.12. The van der Waals surface area contributed by atoms with E-state index in [0.717, 1.165) is 17.1 Å². The van der Waals surface area contributed by atoms with Crippen molar-refractivity contribution >= 4 is 59.3 Å². The van der Waals surface area contributed by atoms with Gasteiger partial charge in [-0.3, -0.25) is 0 Å². The molecule has 48 heavy (non-hydrogen) atoms. The highest BCUT2D eigenvalue weighted by Crippen LogP contribution is 2.43. The molecule has 2 heteroatoms. The Labute approximate surface area is 284 Å². The van der Waals surface area contributed by atoms with E-state index in [1.165, 1.54) is 64.3 Å². The number of nitrogens with zero attached hydrogens (tertiary/aromatic N) is 1. The van der Waals surface area contributed by atoms with Crippen LogP contribution in [0.4, 0.5) is 17.1 Å². The van der Waals surface area contributed by atoms with Gasteiger partial charge in [-0.1, -0.05) is 146 Å². The predicted octanol–water partition coefficient (Wildman–Crippen LogP) is 13.7. The third-order valence-corrected chi connectivity index (χ3v) is 10.5. The fourth-order valence-electron chi connectivity index (χ4n) is 6.90. The standard InChI is InChI=1S/C46H31NS/c1-3-10-32(11-4-1)34-18-25-38(26-19-34)47(39-27-20-35(21-28-39)33-12-5-2-6-13-33)40-29-22-36(23-30-40)41-16-9-14-37-24-31-43-42-15-7-8-17-44(42)48-46(43)45(37)41/h1-31H. The van der Waals surface area contributed by atoms with Gasteiger partial charge in [-0.25, -0.2) is 0 Å². The van der Waals surface area contributed by atoms with Crippen molar-refractivity contribution in [2.45, 2.75) is 0 Å². The van der Waals surface area contributed by atoms with Gasteiger partial charge >= 0.3 is 0 Å². The summed E-state index contributed by atoms with van der Waals surface area (Å²) in [6, 6.07) is 68.0. The molecule has 0 aliphatic carbocycles. The molecule has 0 bridgehead atoms. The molecule has 0 radical (unpaired) electrons.